The number of alkyl halides is 6. The first-order chi connectivity index (χ1) is 21.0. The summed E-state index contributed by atoms with van der Waals surface area (Å²) in [5, 5.41) is 17.2. The van der Waals surface area contributed by atoms with E-state index in [4.69, 9.17) is 34.0 Å². The summed E-state index contributed by atoms with van der Waals surface area (Å²) in [5.74, 6) is -4.00. The van der Waals surface area contributed by atoms with E-state index in [1.165, 1.54) is 0 Å². The molecule has 4 rings (SSSR count). The molecule has 17 heteroatoms. The fourth-order valence-corrected chi connectivity index (χ4v) is 3.17. The van der Waals surface area contributed by atoms with Gasteiger partial charge in [-0.3, -0.25) is 9.78 Å². The van der Waals surface area contributed by atoms with E-state index >= 15 is 0 Å². The van der Waals surface area contributed by atoms with Crippen molar-refractivity contribution in [1.82, 2.24) is 9.88 Å². The largest absolute Gasteiger partial charge is 0.490 e. The number of hydrogen-bond donors (Lipinski definition) is 3. The molecule has 0 saturated carbocycles. The number of carboxylic acids is 2. The van der Waals surface area contributed by atoms with Crippen LogP contribution in [0.15, 0.2) is 67.0 Å². The van der Waals surface area contributed by atoms with Gasteiger partial charge in [0, 0.05) is 18.9 Å². The van der Waals surface area contributed by atoms with E-state index in [2.05, 4.69) is 10.3 Å². The molecule has 1 unspecified atom stereocenters. The third kappa shape index (κ3) is 12.2. The lowest BCUT2D eigenvalue weighted by Gasteiger charge is -2.26. The van der Waals surface area contributed by atoms with Gasteiger partial charge in [-0.2, -0.15) is 26.3 Å². The minimum absolute atomic E-state index is 0.148. The minimum atomic E-state index is -5.08. The van der Waals surface area contributed by atoms with Crippen LogP contribution < -0.4 is 19.5 Å². The molecule has 1 aliphatic rings. The van der Waals surface area contributed by atoms with Gasteiger partial charge in [0.2, 0.25) is 6.10 Å². The molecule has 0 bridgehead atoms. The number of nitrogens with zero attached hydrogens (tertiary/aromatic N) is 2. The number of carbonyl (C=O) groups is 3. The molecular formula is C28H27F6N3O8. The number of amides is 1. The highest BCUT2D eigenvalue weighted by Crippen LogP contribution is 2.33. The van der Waals surface area contributed by atoms with Crippen molar-refractivity contribution in [3.8, 4) is 28.4 Å². The van der Waals surface area contributed by atoms with Crippen LogP contribution >= 0.6 is 0 Å². The quantitative estimate of drug-likeness (QED) is 0.308. The molecular weight excluding hydrogens is 620 g/mol. The van der Waals surface area contributed by atoms with Crippen LogP contribution in [0.4, 0.5) is 32.0 Å². The smallest absolute Gasteiger partial charge is 0.490 e. The van der Waals surface area contributed by atoms with Crippen LogP contribution in [0, 0.1) is 0 Å². The summed E-state index contributed by atoms with van der Waals surface area (Å²) in [6, 6.07) is 16.9. The first kappa shape index (κ1) is 36.1. The van der Waals surface area contributed by atoms with Gasteiger partial charge in [-0.15, -0.1) is 0 Å². The first-order valence-electron chi connectivity index (χ1n) is 12.6. The third-order valence-corrected chi connectivity index (χ3v) is 5.34. The standard InChI is InChI=1S/C24H25N3O4.2C2HF3O2/c1-27(2)13-14-29-22-15-18(17-9-11-25-12-10-17)7-8-19(22)26-24(28)23-16-30-20-5-3-4-6-21(20)31-23;2*3-2(4,5)1(6)7/h3-12,15,23H,13-14,16H2,1-2H3,(H,26,28);2*(H,6,7). The van der Waals surface area contributed by atoms with Gasteiger partial charge in [-0.25, -0.2) is 9.59 Å². The predicted octanol–water partition coefficient (Wildman–Crippen LogP) is 4.73. The van der Waals surface area contributed by atoms with Crippen molar-refractivity contribution in [3.05, 3.63) is 67.0 Å². The minimum Gasteiger partial charge on any atom is -0.490 e. The molecule has 3 N–H and O–H groups in total. The molecule has 11 nitrogen and oxygen atoms in total. The number of fused-ring (bicyclic) bond motifs is 1. The molecule has 0 aliphatic carbocycles. The van der Waals surface area contributed by atoms with Crippen LogP contribution in [0.25, 0.3) is 11.1 Å². The number of pyridine rings is 1. The summed E-state index contributed by atoms with van der Waals surface area (Å²) in [7, 11) is 3.97. The number of likely N-dealkylation sites (N-methyl/N-ethyl adjacent to an activating group) is 1. The monoisotopic (exact) mass is 647 g/mol. The number of aromatic nitrogens is 1. The van der Waals surface area contributed by atoms with Crippen molar-refractivity contribution < 1.29 is 65.1 Å². The molecule has 0 spiro atoms. The van der Waals surface area contributed by atoms with E-state index in [-0.39, 0.29) is 12.5 Å². The Bertz CT molecular complexity index is 1410. The fourth-order valence-electron chi connectivity index (χ4n) is 3.17. The average Bonchev–Trinajstić information content (AvgIpc) is 2.97. The maximum absolute atomic E-state index is 12.9. The maximum Gasteiger partial charge on any atom is 0.490 e. The summed E-state index contributed by atoms with van der Waals surface area (Å²) in [6.45, 7) is 1.39. The molecule has 45 heavy (non-hydrogen) atoms. The zero-order valence-electron chi connectivity index (χ0n) is 23.6. The van der Waals surface area contributed by atoms with Crippen LogP contribution in [-0.4, -0.2) is 90.3 Å². The summed E-state index contributed by atoms with van der Waals surface area (Å²) < 4.78 is 81.0. The van der Waals surface area contributed by atoms with Crippen LogP contribution in [0.3, 0.4) is 0 Å². The number of anilines is 1. The number of benzene rings is 2. The second-order valence-corrected chi connectivity index (χ2v) is 9.06. The number of nitrogens with one attached hydrogen (secondary N) is 1. The van der Waals surface area contributed by atoms with Crippen LogP contribution in [0.1, 0.15) is 0 Å². The van der Waals surface area contributed by atoms with Gasteiger partial charge in [-0.1, -0.05) is 18.2 Å². The molecule has 0 saturated heterocycles. The Kier molecular flexibility index (Phi) is 13.0. The normalized spacial score (nSPS) is 13.8. The highest BCUT2D eigenvalue weighted by Gasteiger charge is 2.39. The topological polar surface area (TPSA) is 148 Å². The Labute approximate surface area is 252 Å². The Balaban J connectivity index is 0.000000421. The molecule has 2 heterocycles. The third-order valence-electron chi connectivity index (χ3n) is 5.34. The van der Waals surface area contributed by atoms with Gasteiger partial charge in [0.1, 0.15) is 19.0 Å². The maximum atomic E-state index is 12.9. The number of carbonyl (C=O) groups excluding carboxylic acids is 1. The molecule has 1 atom stereocenters. The van der Waals surface area contributed by atoms with Gasteiger partial charge >= 0.3 is 24.3 Å². The predicted molar refractivity (Wildman–Crippen MR) is 146 cm³/mol. The summed E-state index contributed by atoms with van der Waals surface area (Å²) in [6.07, 6.45) is -7.42. The lowest BCUT2D eigenvalue weighted by atomic mass is 10.1. The molecule has 3 aromatic rings. The Morgan fingerprint density at radius 1 is 0.911 bits per heavy atom. The number of ether oxygens (including phenoxy) is 3. The second kappa shape index (κ2) is 16.1. The number of rotatable bonds is 7. The van der Waals surface area contributed by atoms with Crippen molar-refractivity contribution in [2.75, 3.05) is 39.2 Å². The molecule has 0 fully saturated rings. The Hall–Kier alpha value is -5.06. The molecule has 1 aliphatic heterocycles. The van der Waals surface area contributed by atoms with Gasteiger partial charge < -0.3 is 34.6 Å². The van der Waals surface area contributed by atoms with Gasteiger partial charge in [0.05, 0.1) is 5.69 Å². The second-order valence-electron chi connectivity index (χ2n) is 9.06. The molecule has 1 aromatic heterocycles. The fraction of sp³-hybridized carbons (Fsp3) is 0.286. The zero-order valence-corrected chi connectivity index (χ0v) is 23.6. The van der Waals surface area contributed by atoms with Crippen molar-refractivity contribution >= 4 is 23.5 Å². The lowest BCUT2D eigenvalue weighted by Crippen LogP contribution is -2.40. The molecule has 2 aromatic carbocycles. The zero-order chi connectivity index (χ0) is 33.8. The molecule has 1 amide bonds. The van der Waals surface area contributed by atoms with Crippen LogP contribution in [-0.2, 0) is 14.4 Å². The number of hydrogen-bond acceptors (Lipinski definition) is 8. The van der Waals surface area contributed by atoms with Crippen molar-refractivity contribution in [3.63, 3.8) is 0 Å². The van der Waals surface area contributed by atoms with Crippen LogP contribution in [0.5, 0.6) is 17.2 Å². The van der Waals surface area contributed by atoms with Gasteiger partial charge in [-0.05, 0) is 61.6 Å². The highest BCUT2D eigenvalue weighted by atomic mass is 19.4. The van der Waals surface area contributed by atoms with Gasteiger partial charge in [0.15, 0.2) is 11.5 Å². The first-order valence-corrected chi connectivity index (χ1v) is 12.6. The van der Waals surface area contributed by atoms with Gasteiger partial charge in [0.25, 0.3) is 5.91 Å². The SMILES string of the molecule is CN(C)CCOc1cc(-c2ccncc2)ccc1NC(=O)C1COc2ccccc2O1.O=C(O)C(F)(F)F.O=C(O)C(F)(F)F. The van der Waals surface area contributed by atoms with Crippen molar-refractivity contribution in [2.45, 2.75) is 18.5 Å². The Morgan fingerprint density at radius 3 is 2.00 bits per heavy atom. The van der Waals surface area contributed by atoms with Crippen molar-refractivity contribution in [2.24, 2.45) is 0 Å². The number of para-hydroxylation sites is 2. The number of aliphatic carboxylic acids is 2. The summed E-state index contributed by atoms with van der Waals surface area (Å²) >= 11 is 0. The summed E-state index contributed by atoms with van der Waals surface area (Å²) in [4.78, 5) is 36.8. The average molecular weight is 648 g/mol. The van der Waals surface area contributed by atoms with Crippen LogP contribution in [0.2, 0.25) is 0 Å². The van der Waals surface area contributed by atoms with E-state index < -0.39 is 30.4 Å². The van der Waals surface area contributed by atoms with E-state index in [1.54, 1.807) is 18.5 Å². The molecule has 0 radical (unpaired) electrons. The van der Waals surface area contributed by atoms with E-state index in [9.17, 15) is 31.1 Å². The lowest BCUT2D eigenvalue weighted by molar-refractivity contribution is -0.193. The Morgan fingerprint density at radius 2 is 1.47 bits per heavy atom. The highest BCUT2D eigenvalue weighted by molar-refractivity contribution is 5.96. The van der Waals surface area contributed by atoms with E-state index in [1.807, 2.05) is 67.5 Å². The van der Waals surface area contributed by atoms with E-state index in [0.717, 1.165) is 17.7 Å². The molecule has 244 valence electrons. The number of carboxylic acid groups (broad SMARTS) is 2. The summed E-state index contributed by atoms with van der Waals surface area (Å²) in [5.41, 5.74) is 2.58. The van der Waals surface area contributed by atoms with Crippen molar-refractivity contribution in [1.29, 1.82) is 0 Å². The number of halogens is 6. The van der Waals surface area contributed by atoms with E-state index in [0.29, 0.717) is 29.5 Å².